The largest absolute Gasteiger partial charge is 0.504 e. The van der Waals surface area contributed by atoms with E-state index in [0.29, 0.717) is 5.56 Å². The van der Waals surface area contributed by atoms with E-state index >= 15 is 0 Å². The number of aliphatic carboxylic acids is 2. The van der Waals surface area contributed by atoms with E-state index in [9.17, 15) is 24.6 Å². The van der Waals surface area contributed by atoms with Crippen LogP contribution in [0, 0.1) is 0 Å². The van der Waals surface area contributed by atoms with Gasteiger partial charge in [-0.25, -0.2) is 0 Å². The molecule has 0 amide bonds. The van der Waals surface area contributed by atoms with Crippen LogP contribution in [0.15, 0.2) is 48.5 Å². The monoisotopic (exact) mass is 416 g/mol. The fourth-order valence-electron chi connectivity index (χ4n) is 2.72. The second-order valence-electron chi connectivity index (χ2n) is 6.78. The number of carboxylic acid groups (broad SMARTS) is 2. The summed E-state index contributed by atoms with van der Waals surface area (Å²) in [6.07, 6.45) is 5.82. The molecule has 2 rings (SSSR count). The first-order chi connectivity index (χ1) is 14.3. The summed E-state index contributed by atoms with van der Waals surface area (Å²) in [7, 11) is 0. The number of carboxylic acids is 2. The van der Waals surface area contributed by atoms with Gasteiger partial charge in [-0.1, -0.05) is 62.1 Å². The first-order valence-corrected chi connectivity index (χ1v) is 9.87. The first kappa shape index (κ1) is 24.7. The van der Waals surface area contributed by atoms with Crippen LogP contribution in [0.25, 0.3) is 0 Å². The minimum absolute atomic E-state index is 0.103. The lowest BCUT2D eigenvalue weighted by Gasteiger charge is -2.04. The van der Waals surface area contributed by atoms with E-state index in [1.165, 1.54) is 18.2 Å². The van der Waals surface area contributed by atoms with Crippen molar-refractivity contribution in [3.8, 4) is 11.5 Å². The third kappa shape index (κ3) is 9.73. The van der Waals surface area contributed by atoms with E-state index in [4.69, 9.17) is 10.2 Å². The Balaban J connectivity index is 0.000000304. The van der Waals surface area contributed by atoms with Gasteiger partial charge in [0.15, 0.2) is 17.3 Å². The maximum atomic E-state index is 11.9. The number of unbranched alkanes of at least 4 members (excludes halogenated alkanes) is 5. The fraction of sp³-hybridized carbons (Fsp3) is 0.348. The lowest BCUT2D eigenvalue weighted by molar-refractivity contribution is -0.138. The lowest BCUT2D eigenvalue weighted by atomic mass is 10.0. The average molecular weight is 416 g/mol. The van der Waals surface area contributed by atoms with Gasteiger partial charge in [-0.05, 0) is 25.0 Å². The fourth-order valence-corrected chi connectivity index (χ4v) is 2.72. The summed E-state index contributed by atoms with van der Waals surface area (Å²) in [6, 6.07) is 12.9. The van der Waals surface area contributed by atoms with Crippen molar-refractivity contribution in [3.63, 3.8) is 0 Å². The Hall–Kier alpha value is -3.35. The Morgan fingerprint density at radius 1 is 0.633 bits per heavy atom. The van der Waals surface area contributed by atoms with E-state index in [1.54, 1.807) is 30.3 Å². The summed E-state index contributed by atoms with van der Waals surface area (Å²) < 4.78 is 0. The zero-order chi connectivity index (χ0) is 22.4. The maximum Gasteiger partial charge on any atom is 0.303 e. The Morgan fingerprint density at radius 3 is 1.63 bits per heavy atom. The smallest absolute Gasteiger partial charge is 0.303 e. The van der Waals surface area contributed by atoms with Crippen LogP contribution in [0.3, 0.4) is 0 Å². The van der Waals surface area contributed by atoms with Gasteiger partial charge in [0, 0.05) is 18.4 Å². The number of hydrogen-bond donors (Lipinski definition) is 4. The van der Waals surface area contributed by atoms with Gasteiger partial charge in [0.25, 0.3) is 0 Å². The molecule has 0 saturated heterocycles. The van der Waals surface area contributed by atoms with Crippen LogP contribution < -0.4 is 0 Å². The van der Waals surface area contributed by atoms with E-state index in [2.05, 4.69) is 0 Å². The maximum absolute atomic E-state index is 11.9. The second kappa shape index (κ2) is 13.8. The molecule has 7 heteroatoms. The molecule has 0 heterocycles. The predicted molar refractivity (Wildman–Crippen MR) is 112 cm³/mol. The molecule has 162 valence electrons. The molecule has 7 nitrogen and oxygen atoms in total. The van der Waals surface area contributed by atoms with Crippen molar-refractivity contribution in [3.05, 3.63) is 59.7 Å². The molecule has 30 heavy (non-hydrogen) atoms. The lowest BCUT2D eigenvalue weighted by Crippen LogP contribution is -2.01. The molecule has 0 unspecified atom stereocenters. The highest BCUT2D eigenvalue weighted by molar-refractivity contribution is 6.11. The Morgan fingerprint density at radius 2 is 1.13 bits per heavy atom. The molecule has 0 aliphatic carbocycles. The van der Waals surface area contributed by atoms with Crippen molar-refractivity contribution in [2.24, 2.45) is 0 Å². The van der Waals surface area contributed by atoms with Gasteiger partial charge in [0.1, 0.15) is 0 Å². The van der Waals surface area contributed by atoms with Crippen LogP contribution in [-0.4, -0.2) is 38.1 Å². The molecule has 2 aromatic carbocycles. The Labute approximate surface area is 175 Å². The number of rotatable bonds is 11. The van der Waals surface area contributed by atoms with Crippen molar-refractivity contribution in [2.75, 3.05) is 0 Å². The molecule has 0 aliphatic heterocycles. The average Bonchev–Trinajstić information content (AvgIpc) is 2.72. The Bertz CT molecular complexity index is 796. The number of aromatic hydroxyl groups is 2. The van der Waals surface area contributed by atoms with E-state index in [0.717, 1.165) is 38.5 Å². The molecular weight excluding hydrogens is 388 g/mol. The van der Waals surface area contributed by atoms with E-state index < -0.39 is 11.9 Å². The van der Waals surface area contributed by atoms with Gasteiger partial charge in [0.2, 0.25) is 0 Å². The number of benzene rings is 2. The minimum atomic E-state index is -0.740. The predicted octanol–water partition coefficient (Wildman–Crippen LogP) is 4.61. The van der Waals surface area contributed by atoms with Crippen LogP contribution in [0.4, 0.5) is 0 Å². The first-order valence-electron chi connectivity index (χ1n) is 9.87. The SMILES string of the molecule is O=C(O)CCCCCCCCC(=O)O.O=C(c1ccccc1)c1cccc(O)c1O. The summed E-state index contributed by atoms with van der Waals surface area (Å²) in [5.74, 6) is -2.46. The van der Waals surface area contributed by atoms with Crippen molar-refractivity contribution in [1.82, 2.24) is 0 Å². The van der Waals surface area contributed by atoms with Crippen molar-refractivity contribution < 1.29 is 34.8 Å². The molecule has 0 fully saturated rings. The summed E-state index contributed by atoms with van der Waals surface area (Å²) in [6.45, 7) is 0. The van der Waals surface area contributed by atoms with Gasteiger partial charge in [-0.3, -0.25) is 14.4 Å². The molecule has 0 spiro atoms. The number of carbonyl (C=O) groups excluding carboxylic acids is 1. The molecule has 0 aromatic heterocycles. The standard InChI is InChI=1S/C13H10O3.C10H18O4/c14-11-8-4-7-10(13(11)16)12(15)9-5-2-1-3-6-9;11-9(12)7-5-3-1-2-4-6-8-10(13)14/h1-8,14,16H;1-8H2,(H,11,12)(H,13,14). The summed E-state index contributed by atoms with van der Waals surface area (Å²) in [5, 5.41) is 35.6. The highest BCUT2D eigenvalue weighted by atomic mass is 16.4. The Kier molecular flexibility index (Phi) is 11.3. The number of hydrogen-bond acceptors (Lipinski definition) is 5. The van der Waals surface area contributed by atoms with Gasteiger partial charge in [0.05, 0.1) is 5.56 Å². The second-order valence-corrected chi connectivity index (χ2v) is 6.78. The van der Waals surface area contributed by atoms with Crippen LogP contribution in [-0.2, 0) is 9.59 Å². The van der Waals surface area contributed by atoms with Crippen molar-refractivity contribution in [1.29, 1.82) is 0 Å². The normalized spacial score (nSPS) is 10.0. The number of carbonyl (C=O) groups is 3. The molecule has 0 aliphatic rings. The highest BCUT2D eigenvalue weighted by Gasteiger charge is 2.15. The number of ketones is 1. The van der Waals surface area contributed by atoms with E-state index in [1.807, 2.05) is 0 Å². The third-order valence-corrected chi connectivity index (χ3v) is 4.33. The van der Waals surface area contributed by atoms with Gasteiger partial charge < -0.3 is 20.4 Å². The van der Waals surface area contributed by atoms with Gasteiger partial charge >= 0.3 is 11.9 Å². The molecule has 0 radical (unpaired) electrons. The summed E-state index contributed by atoms with van der Waals surface area (Å²) >= 11 is 0. The van der Waals surface area contributed by atoms with Gasteiger partial charge in [-0.15, -0.1) is 0 Å². The number of phenolic OH excluding ortho intramolecular Hbond substituents is 2. The number of para-hydroxylation sites is 1. The van der Waals surface area contributed by atoms with Crippen LogP contribution in [0.2, 0.25) is 0 Å². The molecule has 2 aromatic rings. The number of phenols is 2. The molecule has 4 N–H and O–H groups in total. The third-order valence-electron chi connectivity index (χ3n) is 4.33. The molecule has 0 bridgehead atoms. The summed E-state index contributed by atoms with van der Waals surface area (Å²) in [4.78, 5) is 32.2. The molecule has 0 atom stereocenters. The van der Waals surface area contributed by atoms with Crippen LogP contribution in [0.5, 0.6) is 11.5 Å². The van der Waals surface area contributed by atoms with Crippen molar-refractivity contribution in [2.45, 2.75) is 51.4 Å². The van der Waals surface area contributed by atoms with E-state index in [-0.39, 0.29) is 35.7 Å². The van der Waals surface area contributed by atoms with Crippen LogP contribution in [0.1, 0.15) is 67.3 Å². The minimum Gasteiger partial charge on any atom is -0.504 e. The zero-order valence-electron chi connectivity index (χ0n) is 16.8. The molecular formula is C23H28O7. The highest BCUT2D eigenvalue weighted by Crippen LogP contribution is 2.29. The van der Waals surface area contributed by atoms with Crippen molar-refractivity contribution >= 4 is 17.7 Å². The van der Waals surface area contributed by atoms with Gasteiger partial charge in [-0.2, -0.15) is 0 Å². The van der Waals surface area contributed by atoms with Crippen LogP contribution >= 0.6 is 0 Å². The quantitative estimate of drug-likeness (QED) is 0.239. The molecule has 0 saturated carbocycles. The summed E-state index contributed by atoms with van der Waals surface area (Å²) in [5.41, 5.74) is 0.578. The topological polar surface area (TPSA) is 132 Å². The zero-order valence-corrected chi connectivity index (χ0v) is 16.8.